The largest absolute Gasteiger partial charge is 0.329 e. The number of hydrogen-bond donors (Lipinski definition) is 1. The molecule has 0 bridgehead atoms. The Morgan fingerprint density at radius 3 is 2.74 bits per heavy atom. The van der Waals surface area contributed by atoms with Crippen molar-refractivity contribution in [3.63, 3.8) is 0 Å². The number of hydrogen-bond acceptors (Lipinski definition) is 3. The molecule has 0 fully saturated rings. The van der Waals surface area contributed by atoms with Gasteiger partial charge in [0.15, 0.2) is 0 Å². The zero-order chi connectivity index (χ0) is 14.0. The average molecular weight is 282 g/mol. The minimum absolute atomic E-state index is 0.173. The molecule has 1 aliphatic heterocycles. The van der Waals surface area contributed by atoms with Gasteiger partial charge in [0, 0.05) is 13.1 Å². The summed E-state index contributed by atoms with van der Waals surface area (Å²) in [4.78, 5) is 0. The van der Waals surface area contributed by atoms with Crippen LogP contribution in [0.2, 0.25) is 0 Å². The lowest BCUT2D eigenvalue weighted by molar-refractivity contribution is 0.534. The first-order valence-corrected chi connectivity index (χ1v) is 8.30. The second kappa shape index (κ2) is 5.51. The third kappa shape index (κ3) is 2.62. The second-order valence-corrected chi connectivity index (χ2v) is 7.42. The lowest BCUT2D eigenvalue weighted by Crippen LogP contribution is -2.46. The summed E-state index contributed by atoms with van der Waals surface area (Å²) in [6.07, 6.45) is 1.48. The molecule has 0 saturated heterocycles. The van der Waals surface area contributed by atoms with E-state index in [4.69, 9.17) is 5.73 Å². The summed E-state index contributed by atoms with van der Waals surface area (Å²) in [7, 11) is -3.36. The van der Waals surface area contributed by atoms with Gasteiger partial charge in [0.25, 0.3) is 0 Å². The molecule has 4 nitrogen and oxygen atoms in total. The first kappa shape index (κ1) is 14.3. The zero-order valence-electron chi connectivity index (χ0n) is 11.5. The lowest BCUT2D eigenvalue weighted by atomic mass is 9.96. The maximum atomic E-state index is 12.7. The fourth-order valence-electron chi connectivity index (χ4n) is 2.67. The number of para-hydroxylation sites is 1. The lowest BCUT2D eigenvalue weighted by Gasteiger charge is -2.36. The minimum Gasteiger partial charge on any atom is -0.329 e. The van der Waals surface area contributed by atoms with Crippen LogP contribution in [0.1, 0.15) is 25.8 Å². The number of sulfonamides is 1. The standard InChI is InChI=1S/C14H22N2O2S/c1-3-13(9-15)19(17,18)16-10-11(2)8-12-6-4-5-7-14(12)16/h4-7,11,13H,3,8-10,15H2,1-2H3. The van der Waals surface area contributed by atoms with Gasteiger partial charge in [-0.25, -0.2) is 8.42 Å². The molecule has 1 aliphatic rings. The van der Waals surface area contributed by atoms with Gasteiger partial charge in [-0.3, -0.25) is 4.31 Å². The van der Waals surface area contributed by atoms with E-state index >= 15 is 0 Å². The molecule has 1 heterocycles. The monoisotopic (exact) mass is 282 g/mol. The van der Waals surface area contributed by atoms with Crippen molar-refractivity contribution in [3.8, 4) is 0 Å². The molecule has 2 unspecified atom stereocenters. The molecular formula is C14H22N2O2S. The summed E-state index contributed by atoms with van der Waals surface area (Å²) in [5, 5.41) is -0.495. The molecule has 5 heteroatoms. The highest BCUT2D eigenvalue weighted by Gasteiger charge is 2.34. The molecule has 19 heavy (non-hydrogen) atoms. The molecule has 1 aromatic rings. The predicted octanol–water partition coefficient (Wildman–Crippen LogP) is 1.75. The molecule has 2 atom stereocenters. The van der Waals surface area contributed by atoms with Crippen molar-refractivity contribution >= 4 is 15.7 Å². The van der Waals surface area contributed by atoms with Crippen LogP contribution >= 0.6 is 0 Å². The van der Waals surface area contributed by atoms with Crippen molar-refractivity contribution in [3.05, 3.63) is 29.8 Å². The van der Waals surface area contributed by atoms with Crippen molar-refractivity contribution in [2.75, 3.05) is 17.4 Å². The average Bonchev–Trinajstić information content (AvgIpc) is 2.38. The second-order valence-electron chi connectivity index (χ2n) is 5.28. The number of fused-ring (bicyclic) bond motifs is 1. The Balaban J connectivity index is 2.45. The van der Waals surface area contributed by atoms with Crippen LogP contribution in [0.3, 0.4) is 0 Å². The topological polar surface area (TPSA) is 63.4 Å². The summed E-state index contributed by atoms with van der Waals surface area (Å²) < 4.78 is 27.0. The summed E-state index contributed by atoms with van der Waals surface area (Å²) in [5.41, 5.74) is 7.56. The number of anilines is 1. The van der Waals surface area contributed by atoms with E-state index < -0.39 is 15.3 Å². The molecule has 0 amide bonds. The molecule has 0 saturated carbocycles. The molecule has 1 aromatic carbocycles. The summed E-state index contributed by atoms with van der Waals surface area (Å²) in [5.74, 6) is 0.333. The zero-order valence-corrected chi connectivity index (χ0v) is 12.4. The van der Waals surface area contributed by atoms with E-state index in [0.29, 0.717) is 18.9 Å². The van der Waals surface area contributed by atoms with Crippen LogP contribution in [0.15, 0.2) is 24.3 Å². The molecular weight excluding hydrogens is 260 g/mol. The highest BCUT2D eigenvalue weighted by Crippen LogP contribution is 2.32. The highest BCUT2D eigenvalue weighted by molar-refractivity contribution is 7.93. The van der Waals surface area contributed by atoms with E-state index in [0.717, 1.165) is 17.7 Å². The van der Waals surface area contributed by atoms with Gasteiger partial charge in [0.2, 0.25) is 10.0 Å². The molecule has 0 spiro atoms. The van der Waals surface area contributed by atoms with Gasteiger partial charge in [-0.1, -0.05) is 32.0 Å². The van der Waals surface area contributed by atoms with Crippen LogP contribution in [0.4, 0.5) is 5.69 Å². The molecule has 0 aliphatic carbocycles. The third-order valence-corrected chi connectivity index (χ3v) is 6.08. The van der Waals surface area contributed by atoms with Crippen molar-refractivity contribution in [2.24, 2.45) is 11.7 Å². The SMILES string of the molecule is CCC(CN)S(=O)(=O)N1CC(C)Cc2ccccc21. The van der Waals surface area contributed by atoms with Gasteiger partial charge in [0.1, 0.15) is 0 Å². The van der Waals surface area contributed by atoms with E-state index in [-0.39, 0.29) is 6.54 Å². The minimum atomic E-state index is -3.36. The number of nitrogens with two attached hydrogens (primary N) is 1. The molecule has 106 valence electrons. The summed E-state index contributed by atoms with van der Waals surface area (Å²) in [6.45, 7) is 4.68. The van der Waals surface area contributed by atoms with Gasteiger partial charge in [-0.15, -0.1) is 0 Å². The summed E-state index contributed by atoms with van der Waals surface area (Å²) >= 11 is 0. The smallest absolute Gasteiger partial charge is 0.239 e. The number of benzene rings is 1. The van der Waals surface area contributed by atoms with Crippen LogP contribution in [-0.2, 0) is 16.4 Å². The quantitative estimate of drug-likeness (QED) is 0.915. The van der Waals surface area contributed by atoms with Gasteiger partial charge < -0.3 is 5.73 Å². The Morgan fingerprint density at radius 2 is 2.11 bits per heavy atom. The fraction of sp³-hybridized carbons (Fsp3) is 0.571. The number of rotatable bonds is 4. The van der Waals surface area contributed by atoms with E-state index in [1.54, 1.807) is 4.31 Å². The highest BCUT2D eigenvalue weighted by atomic mass is 32.2. The van der Waals surface area contributed by atoms with Crippen molar-refractivity contribution in [1.82, 2.24) is 0 Å². The Labute approximate surface area is 115 Å². The Kier molecular flexibility index (Phi) is 4.16. The van der Waals surface area contributed by atoms with E-state index in [1.807, 2.05) is 31.2 Å². The Bertz CT molecular complexity index is 538. The van der Waals surface area contributed by atoms with Crippen LogP contribution in [0.25, 0.3) is 0 Å². The molecule has 0 aromatic heterocycles. The first-order chi connectivity index (χ1) is 9.00. The summed E-state index contributed by atoms with van der Waals surface area (Å²) in [6, 6.07) is 7.75. The van der Waals surface area contributed by atoms with Crippen LogP contribution in [0, 0.1) is 5.92 Å². The maximum Gasteiger partial charge on any atom is 0.239 e. The van der Waals surface area contributed by atoms with Gasteiger partial charge in [0.05, 0.1) is 10.9 Å². The normalized spacial score (nSPS) is 21.0. The Hall–Kier alpha value is -1.07. The fourth-order valence-corrected chi connectivity index (χ4v) is 4.61. The molecule has 2 N–H and O–H groups in total. The maximum absolute atomic E-state index is 12.7. The Morgan fingerprint density at radius 1 is 1.42 bits per heavy atom. The van der Waals surface area contributed by atoms with Gasteiger partial charge in [-0.2, -0.15) is 0 Å². The van der Waals surface area contributed by atoms with Crippen LogP contribution in [-0.4, -0.2) is 26.8 Å². The van der Waals surface area contributed by atoms with E-state index in [2.05, 4.69) is 6.92 Å². The van der Waals surface area contributed by atoms with Gasteiger partial charge >= 0.3 is 0 Å². The van der Waals surface area contributed by atoms with E-state index in [1.165, 1.54) is 0 Å². The number of nitrogens with zero attached hydrogens (tertiary/aromatic N) is 1. The van der Waals surface area contributed by atoms with Crippen molar-refractivity contribution in [1.29, 1.82) is 0 Å². The van der Waals surface area contributed by atoms with Gasteiger partial charge in [-0.05, 0) is 30.4 Å². The third-order valence-electron chi connectivity index (χ3n) is 3.75. The predicted molar refractivity (Wildman–Crippen MR) is 78.7 cm³/mol. The van der Waals surface area contributed by atoms with Crippen molar-refractivity contribution in [2.45, 2.75) is 31.9 Å². The first-order valence-electron chi connectivity index (χ1n) is 6.80. The van der Waals surface area contributed by atoms with Crippen LogP contribution < -0.4 is 10.0 Å². The van der Waals surface area contributed by atoms with Crippen LogP contribution in [0.5, 0.6) is 0 Å². The molecule has 2 rings (SSSR count). The molecule has 0 radical (unpaired) electrons. The van der Waals surface area contributed by atoms with Crippen molar-refractivity contribution < 1.29 is 8.42 Å². The van der Waals surface area contributed by atoms with E-state index in [9.17, 15) is 8.42 Å².